The highest BCUT2D eigenvalue weighted by Gasteiger charge is 2.50. The zero-order valence-corrected chi connectivity index (χ0v) is 14.1. The molecule has 5 nitrogen and oxygen atoms in total. The lowest BCUT2D eigenvalue weighted by molar-refractivity contribution is -0.128. The van der Waals surface area contributed by atoms with Crippen LogP contribution in [0.4, 0.5) is 4.39 Å². The quantitative estimate of drug-likeness (QED) is 0.912. The van der Waals surface area contributed by atoms with Gasteiger partial charge in [-0.2, -0.15) is 0 Å². The van der Waals surface area contributed by atoms with Crippen molar-refractivity contribution < 1.29 is 18.7 Å². The topological polar surface area (TPSA) is 58.6 Å². The maximum atomic E-state index is 13.5. The summed E-state index contributed by atoms with van der Waals surface area (Å²) < 4.78 is 19.2. The van der Waals surface area contributed by atoms with Crippen LogP contribution in [-0.4, -0.2) is 48.1 Å². The second-order valence-electron chi connectivity index (χ2n) is 7.26. The van der Waals surface area contributed by atoms with Crippen LogP contribution < -0.4 is 5.32 Å². The van der Waals surface area contributed by atoms with Crippen LogP contribution in [0.1, 0.15) is 42.5 Å². The van der Waals surface area contributed by atoms with Crippen molar-refractivity contribution in [3.05, 3.63) is 35.6 Å². The fourth-order valence-corrected chi connectivity index (χ4v) is 4.40. The predicted molar refractivity (Wildman–Crippen MR) is 89.5 cm³/mol. The van der Waals surface area contributed by atoms with E-state index in [0.717, 1.165) is 32.1 Å². The molecular weight excluding hydrogens is 323 g/mol. The van der Waals surface area contributed by atoms with E-state index in [9.17, 15) is 14.0 Å². The molecule has 0 radical (unpaired) electrons. The van der Waals surface area contributed by atoms with E-state index in [-0.39, 0.29) is 35.9 Å². The van der Waals surface area contributed by atoms with Gasteiger partial charge >= 0.3 is 0 Å². The minimum Gasteiger partial charge on any atom is -0.375 e. The van der Waals surface area contributed by atoms with Crippen LogP contribution in [0.15, 0.2) is 24.3 Å². The van der Waals surface area contributed by atoms with Gasteiger partial charge in [0.25, 0.3) is 5.91 Å². The van der Waals surface area contributed by atoms with Crippen LogP contribution in [0, 0.1) is 11.7 Å². The number of likely N-dealkylation sites (tertiary alicyclic amines) is 1. The lowest BCUT2D eigenvalue weighted by atomic mass is 10.0. The van der Waals surface area contributed by atoms with E-state index >= 15 is 0 Å². The van der Waals surface area contributed by atoms with Gasteiger partial charge in [0, 0.05) is 24.8 Å². The third kappa shape index (κ3) is 3.15. The Labute approximate surface area is 146 Å². The molecule has 6 heteroatoms. The van der Waals surface area contributed by atoms with Crippen LogP contribution in [0.5, 0.6) is 0 Å². The summed E-state index contributed by atoms with van der Waals surface area (Å²) in [6.07, 6.45) is 4.83. The SMILES string of the molecule is O=C(NC1CCCC1)[C@@H]1CN(C(=O)c2cccc(F)c2)[C@@H]2CCO[C@@H]21. The van der Waals surface area contributed by atoms with Gasteiger partial charge in [0.05, 0.1) is 18.1 Å². The van der Waals surface area contributed by atoms with Gasteiger partial charge in [0.15, 0.2) is 0 Å². The highest BCUT2D eigenvalue weighted by atomic mass is 19.1. The molecule has 1 aliphatic carbocycles. The second kappa shape index (κ2) is 6.75. The maximum absolute atomic E-state index is 13.5. The predicted octanol–water partition coefficient (Wildman–Crippen LogP) is 2.11. The van der Waals surface area contributed by atoms with Gasteiger partial charge in [-0.3, -0.25) is 9.59 Å². The number of nitrogens with one attached hydrogen (secondary N) is 1. The minimum atomic E-state index is -0.431. The van der Waals surface area contributed by atoms with Crippen molar-refractivity contribution in [2.45, 2.75) is 50.3 Å². The van der Waals surface area contributed by atoms with Crippen molar-refractivity contribution in [2.24, 2.45) is 5.92 Å². The zero-order chi connectivity index (χ0) is 17.4. The van der Waals surface area contributed by atoms with E-state index in [1.807, 2.05) is 0 Å². The fourth-order valence-electron chi connectivity index (χ4n) is 4.40. The Balaban J connectivity index is 1.50. The summed E-state index contributed by atoms with van der Waals surface area (Å²) in [6, 6.07) is 5.86. The average Bonchev–Trinajstić information content (AvgIpc) is 3.31. The summed E-state index contributed by atoms with van der Waals surface area (Å²) in [5, 5.41) is 3.12. The normalized spacial score (nSPS) is 29.0. The molecule has 1 aromatic rings. The molecule has 0 spiro atoms. The summed E-state index contributed by atoms with van der Waals surface area (Å²) >= 11 is 0. The smallest absolute Gasteiger partial charge is 0.254 e. The molecule has 1 aromatic carbocycles. The summed E-state index contributed by atoms with van der Waals surface area (Å²) in [6.45, 7) is 0.888. The van der Waals surface area contributed by atoms with Crippen molar-refractivity contribution in [2.75, 3.05) is 13.2 Å². The third-order valence-corrected chi connectivity index (χ3v) is 5.66. The van der Waals surface area contributed by atoms with E-state index in [0.29, 0.717) is 18.7 Å². The van der Waals surface area contributed by atoms with Crippen LogP contribution >= 0.6 is 0 Å². The lowest BCUT2D eigenvalue weighted by Gasteiger charge is -2.22. The molecule has 1 N–H and O–H groups in total. The number of nitrogens with zero attached hydrogens (tertiary/aromatic N) is 1. The molecule has 0 aromatic heterocycles. The third-order valence-electron chi connectivity index (χ3n) is 5.66. The first-order valence-electron chi connectivity index (χ1n) is 9.12. The highest BCUT2D eigenvalue weighted by Crippen LogP contribution is 2.35. The number of carbonyl (C=O) groups is 2. The van der Waals surface area contributed by atoms with E-state index in [1.54, 1.807) is 11.0 Å². The van der Waals surface area contributed by atoms with E-state index in [2.05, 4.69) is 5.32 Å². The Hall–Kier alpha value is -1.95. The monoisotopic (exact) mass is 346 g/mol. The molecule has 134 valence electrons. The zero-order valence-electron chi connectivity index (χ0n) is 14.1. The van der Waals surface area contributed by atoms with Crippen LogP contribution in [0.2, 0.25) is 0 Å². The number of ether oxygens (including phenoxy) is 1. The Morgan fingerprint density at radius 3 is 2.76 bits per heavy atom. The molecule has 1 saturated carbocycles. The van der Waals surface area contributed by atoms with Crippen molar-refractivity contribution >= 4 is 11.8 Å². The molecule has 3 fully saturated rings. The molecule has 3 atom stereocenters. The summed E-state index contributed by atoms with van der Waals surface area (Å²) in [5.74, 6) is -1.01. The van der Waals surface area contributed by atoms with Gasteiger partial charge in [-0.1, -0.05) is 18.9 Å². The van der Waals surface area contributed by atoms with Gasteiger partial charge in [-0.15, -0.1) is 0 Å². The first-order valence-corrected chi connectivity index (χ1v) is 9.12. The average molecular weight is 346 g/mol. The number of hydrogen-bond donors (Lipinski definition) is 1. The van der Waals surface area contributed by atoms with Crippen molar-refractivity contribution in [3.63, 3.8) is 0 Å². The van der Waals surface area contributed by atoms with Gasteiger partial charge in [-0.25, -0.2) is 4.39 Å². The summed E-state index contributed by atoms with van der Waals surface area (Å²) in [5.41, 5.74) is 0.322. The fraction of sp³-hybridized carbons (Fsp3) is 0.579. The molecule has 2 heterocycles. The molecule has 0 unspecified atom stereocenters. The van der Waals surface area contributed by atoms with Crippen molar-refractivity contribution in [1.29, 1.82) is 0 Å². The Kier molecular flexibility index (Phi) is 4.46. The molecule has 3 aliphatic rings. The standard InChI is InChI=1S/C19H23FN2O3/c20-13-5-3-4-12(10-13)19(24)22-11-15(17-16(22)8-9-25-17)18(23)21-14-6-1-2-7-14/h3-5,10,14-17H,1-2,6-9,11H2,(H,21,23)/t15-,16-,17-/m1/s1. The molecule has 0 bridgehead atoms. The van der Waals surface area contributed by atoms with Crippen LogP contribution in [0.3, 0.4) is 0 Å². The first-order chi connectivity index (χ1) is 12.1. The summed E-state index contributed by atoms with van der Waals surface area (Å²) in [7, 11) is 0. The maximum Gasteiger partial charge on any atom is 0.254 e. The second-order valence-corrected chi connectivity index (χ2v) is 7.26. The Morgan fingerprint density at radius 1 is 1.20 bits per heavy atom. The molecule has 2 amide bonds. The number of fused-ring (bicyclic) bond motifs is 1. The van der Waals surface area contributed by atoms with E-state index in [1.165, 1.54) is 18.2 Å². The van der Waals surface area contributed by atoms with Gasteiger partial charge in [0.1, 0.15) is 5.82 Å². The van der Waals surface area contributed by atoms with Crippen LogP contribution in [0.25, 0.3) is 0 Å². The molecule has 25 heavy (non-hydrogen) atoms. The van der Waals surface area contributed by atoms with Gasteiger partial charge in [-0.05, 0) is 37.5 Å². The number of hydrogen-bond acceptors (Lipinski definition) is 3. The van der Waals surface area contributed by atoms with Crippen LogP contribution in [-0.2, 0) is 9.53 Å². The Bertz CT molecular complexity index is 674. The largest absolute Gasteiger partial charge is 0.375 e. The molecule has 2 aliphatic heterocycles. The number of carbonyl (C=O) groups excluding carboxylic acids is 2. The molecule has 4 rings (SSSR count). The van der Waals surface area contributed by atoms with Crippen molar-refractivity contribution in [1.82, 2.24) is 10.2 Å². The lowest BCUT2D eigenvalue weighted by Crippen LogP contribution is -2.42. The van der Waals surface area contributed by atoms with E-state index in [4.69, 9.17) is 4.74 Å². The summed E-state index contributed by atoms with van der Waals surface area (Å²) in [4.78, 5) is 27.2. The van der Waals surface area contributed by atoms with Crippen molar-refractivity contribution in [3.8, 4) is 0 Å². The Morgan fingerprint density at radius 2 is 2.00 bits per heavy atom. The number of amides is 2. The first kappa shape index (κ1) is 16.5. The van der Waals surface area contributed by atoms with E-state index < -0.39 is 5.82 Å². The number of halogens is 1. The minimum absolute atomic E-state index is 0.0154. The molecule has 2 saturated heterocycles. The highest BCUT2D eigenvalue weighted by molar-refractivity contribution is 5.95. The van der Waals surface area contributed by atoms with Gasteiger partial charge in [0.2, 0.25) is 5.91 Å². The van der Waals surface area contributed by atoms with Gasteiger partial charge < -0.3 is 15.0 Å². The number of rotatable bonds is 3. The molecular formula is C19H23FN2O3. The number of benzene rings is 1.